The zero-order valence-electron chi connectivity index (χ0n) is 10.9. The van der Waals surface area contributed by atoms with Crippen molar-refractivity contribution in [3.05, 3.63) is 47.8 Å². The van der Waals surface area contributed by atoms with E-state index in [9.17, 15) is 9.18 Å². The summed E-state index contributed by atoms with van der Waals surface area (Å²) < 4.78 is 18.7. The number of halogens is 1. The number of hydrogen-bond donors (Lipinski definition) is 0. The van der Waals surface area contributed by atoms with Crippen molar-refractivity contribution in [3.8, 4) is 0 Å². The molecule has 0 aliphatic carbocycles. The fraction of sp³-hybridized carbons (Fsp3) is 0.400. The van der Waals surface area contributed by atoms with Crippen molar-refractivity contribution < 1.29 is 13.9 Å². The summed E-state index contributed by atoms with van der Waals surface area (Å²) in [4.78, 5) is 11.5. The second-order valence-corrected chi connectivity index (χ2v) is 4.04. The number of esters is 1. The van der Waals surface area contributed by atoms with Crippen molar-refractivity contribution in [1.82, 2.24) is 0 Å². The standard InChI is InChI=1S/C15H19FO2/c1-3-13(15(17)18-4-2)11-14(16)10-12-8-6-5-7-9-12/h5-9,11,13H,3-4,10H2,1-2H3/b14-11-/t13-/m1/s1. The third-order valence-electron chi connectivity index (χ3n) is 2.63. The van der Waals surface area contributed by atoms with Crippen molar-refractivity contribution in [2.75, 3.05) is 6.61 Å². The average molecular weight is 250 g/mol. The fourth-order valence-corrected chi connectivity index (χ4v) is 1.67. The van der Waals surface area contributed by atoms with Gasteiger partial charge in [-0.15, -0.1) is 0 Å². The molecule has 0 unspecified atom stereocenters. The van der Waals surface area contributed by atoms with E-state index in [-0.39, 0.29) is 18.2 Å². The van der Waals surface area contributed by atoms with Gasteiger partial charge in [-0.3, -0.25) is 4.79 Å². The number of allylic oxidation sites excluding steroid dienone is 1. The molecule has 98 valence electrons. The van der Waals surface area contributed by atoms with E-state index in [0.29, 0.717) is 13.0 Å². The van der Waals surface area contributed by atoms with Crippen molar-refractivity contribution in [2.45, 2.75) is 26.7 Å². The summed E-state index contributed by atoms with van der Waals surface area (Å²) in [5.41, 5.74) is 0.893. The molecular formula is C15H19FO2. The lowest BCUT2D eigenvalue weighted by molar-refractivity contribution is -0.146. The highest BCUT2D eigenvalue weighted by atomic mass is 19.1. The van der Waals surface area contributed by atoms with Crippen molar-refractivity contribution in [1.29, 1.82) is 0 Å². The Bertz CT molecular complexity index is 398. The second-order valence-electron chi connectivity index (χ2n) is 4.04. The van der Waals surface area contributed by atoms with Gasteiger partial charge in [0.1, 0.15) is 5.83 Å². The summed E-state index contributed by atoms with van der Waals surface area (Å²) in [6.07, 6.45) is 2.13. The molecule has 18 heavy (non-hydrogen) atoms. The minimum absolute atomic E-state index is 0.219. The number of rotatable bonds is 6. The molecule has 0 heterocycles. The number of carbonyl (C=O) groups is 1. The molecule has 2 nitrogen and oxygen atoms in total. The molecule has 1 atom stereocenters. The lowest BCUT2D eigenvalue weighted by Crippen LogP contribution is -2.15. The minimum Gasteiger partial charge on any atom is -0.466 e. The van der Waals surface area contributed by atoms with Gasteiger partial charge in [0.05, 0.1) is 12.5 Å². The van der Waals surface area contributed by atoms with Crippen LogP contribution in [0.25, 0.3) is 0 Å². The Morgan fingerprint density at radius 1 is 1.33 bits per heavy atom. The van der Waals surface area contributed by atoms with E-state index < -0.39 is 5.92 Å². The molecule has 0 N–H and O–H groups in total. The first-order chi connectivity index (χ1) is 8.67. The van der Waals surface area contributed by atoms with Crippen LogP contribution in [0.2, 0.25) is 0 Å². The molecule has 0 radical (unpaired) electrons. The third kappa shape index (κ3) is 4.70. The van der Waals surface area contributed by atoms with Gasteiger partial charge in [-0.05, 0) is 25.0 Å². The predicted molar refractivity (Wildman–Crippen MR) is 69.8 cm³/mol. The van der Waals surface area contributed by atoms with Crippen LogP contribution in [0.5, 0.6) is 0 Å². The molecule has 0 bridgehead atoms. The SMILES string of the molecule is CCOC(=O)[C@@H](/C=C(\F)Cc1ccccc1)CC. The van der Waals surface area contributed by atoms with Crippen molar-refractivity contribution in [3.63, 3.8) is 0 Å². The highest BCUT2D eigenvalue weighted by Crippen LogP contribution is 2.15. The van der Waals surface area contributed by atoms with Crippen LogP contribution in [0.3, 0.4) is 0 Å². The van der Waals surface area contributed by atoms with Crippen LogP contribution in [0.15, 0.2) is 42.2 Å². The van der Waals surface area contributed by atoms with E-state index in [2.05, 4.69) is 0 Å². The molecule has 0 aromatic heterocycles. The molecule has 1 aromatic rings. The van der Waals surface area contributed by atoms with Crippen LogP contribution < -0.4 is 0 Å². The Balaban J connectivity index is 2.66. The normalized spacial score (nSPS) is 13.2. The summed E-state index contributed by atoms with van der Waals surface area (Å²) in [5, 5.41) is 0. The minimum atomic E-state index is -0.492. The van der Waals surface area contributed by atoms with Gasteiger partial charge in [-0.25, -0.2) is 4.39 Å². The van der Waals surface area contributed by atoms with Crippen LogP contribution in [0.4, 0.5) is 4.39 Å². The van der Waals surface area contributed by atoms with Crippen LogP contribution in [0.1, 0.15) is 25.8 Å². The molecule has 1 rings (SSSR count). The largest absolute Gasteiger partial charge is 0.466 e. The average Bonchev–Trinajstić information content (AvgIpc) is 2.37. The lowest BCUT2D eigenvalue weighted by Gasteiger charge is -2.09. The summed E-state index contributed by atoms with van der Waals surface area (Å²) in [7, 11) is 0. The summed E-state index contributed by atoms with van der Waals surface area (Å²) >= 11 is 0. The lowest BCUT2D eigenvalue weighted by atomic mass is 10.0. The van der Waals surface area contributed by atoms with Crippen LogP contribution >= 0.6 is 0 Å². The van der Waals surface area contributed by atoms with E-state index in [1.807, 2.05) is 37.3 Å². The van der Waals surface area contributed by atoms with Gasteiger partial charge in [0.25, 0.3) is 0 Å². The Kier molecular flexibility index (Phi) is 6.12. The second kappa shape index (κ2) is 7.64. The number of benzene rings is 1. The monoisotopic (exact) mass is 250 g/mol. The molecule has 0 saturated carbocycles. The maximum absolute atomic E-state index is 13.8. The Labute approximate surface area is 107 Å². The summed E-state index contributed by atoms with van der Waals surface area (Å²) in [5.74, 6) is -1.14. The molecular weight excluding hydrogens is 231 g/mol. The van der Waals surface area contributed by atoms with Crippen LogP contribution in [0, 0.1) is 5.92 Å². The maximum Gasteiger partial charge on any atom is 0.312 e. The van der Waals surface area contributed by atoms with Crippen molar-refractivity contribution in [2.24, 2.45) is 5.92 Å². The zero-order chi connectivity index (χ0) is 13.4. The Hall–Kier alpha value is -1.64. The van der Waals surface area contributed by atoms with Gasteiger partial charge in [-0.2, -0.15) is 0 Å². The summed E-state index contributed by atoms with van der Waals surface area (Å²) in [6, 6.07) is 9.34. The first-order valence-electron chi connectivity index (χ1n) is 6.24. The van der Waals surface area contributed by atoms with Crippen molar-refractivity contribution >= 4 is 5.97 Å². The van der Waals surface area contributed by atoms with Gasteiger partial charge in [0, 0.05) is 6.42 Å². The Morgan fingerprint density at radius 2 is 2.00 bits per heavy atom. The molecule has 0 aliphatic rings. The highest BCUT2D eigenvalue weighted by molar-refractivity contribution is 5.74. The van der Waals surface area contributed by atoms with E-state index in [1.165, 1.54) is 6.08 Å². The number of hydrogen-bond acceptors (Lipinski definition) is 2. The molecule has 0 amide bonds. The first-order valence-corrected chi connectivity index (χ1v) is 6.24. The molecule has 0 fully saturated rings. The smallest absolute Gasteiger partial charge is 0.312 e. The summed E-state index contributed by atoms with van der Waals surface area (Å²) in [6.45, 7) is 3.91. The predicted octanol–water partition coefficient (Wildman–Crippen LogP) is 3.67. The third-order valence-corrected chi connectivity index (χ3v) is 2.63. The number of carbonyl (C=O) groups excluding carboxylic acids is 1. The molecule has 3 heteroatoms. The van der Waals surface area contributed by atoms with Crippen LogP contribution in [-0.2, 0) is 16.0 Å². The first kappa shape index (κ1) is 14.4. The van der Waals surface area contributed by atoms with Gasteiger partial charge in [0.2, 0.25) is 0 Å². The van der Waals surface area contributed by atoms with Crippen LogP contribution in [-0.4, -0.2) is 12.6 Å². The van der Waals surface area contributed by atoms with Gasteiger partial charge in [0.15, 0.2) is 0 Å². The molecule has 0 aliphatic heterocycles. The van der Waals surface area contributed by atoms with E-state index in [0.717, 1.165) is 5.56 Å². The quantitative estimate of drug-likeness (QED) is 0.720. The molecule has 0 saturated heterocycles. The number of ether oxygens (including phenoxy) is 1. The zero-order valence-corrected chi connectivity index (χ0v) is 10.9. The van der Waals surface area contributed by atoms with E-state index in [1.54, 1.807) is 6.92 Å². The van der Waals surface area contributed by atoms with Gasteiger partial charge in [-0.1, -0.05) is 37.3 Å². The fourth-order valence-electron chi connectivity index (χ4n) is 1.67. The van der Waals surface area contributed by atoms with E-state index >= 15 is 0 Å². The maximum atomic E-state index is 13.8. The topological polar surface area (TPSA) is 26.3 Å². The van der Waals surface area contributed by atoms with Gasteiger partial charge >= 0.3 is 5.97 Å². The molecule has 0 spiro atoms. The highest BCUT2D eigenvalue weighted by Gasteiger charge is 2.16. The van der Waals surface area contributed by atoms with Gasteiger partial charge < -0.3 is 4.74 Å². The van der Waals surface area contributed by atoms with E-state index in [4.69, 9.17) is 4.74 Å². The Morgan fingerprint density at radius 3 is 2.56 bits per heavy atom. The molecule has 1 aromatic carbocycles.